The van der Waals surface area contributed by atoms with E-state index in [2.05, 4.69) is 10.1 Å². The summed E-state index contributed by atoms with van der Waals surface area (Å²) < 4.78 is 22.9. The number of nitrogens with zero attached hydrogens (tertiary/aromatic N) is 3. The molecule has 0 bridgehead atoms. The predicted octanol–water partition coefficient (Wildman–Crippen LogP) is 3.45. The highest BCUT2D eigenvalue weighted by molar-refractivity contribution is 5.94. The second kappa shape index (κ2) is 7.09. The Balaban J connectivity index is 1.72. The number of ether oxygens (including phenoxy) is 1. The molecule has 0 aliphatic rings. The zero-order chi connectivity index (χ0) is 18.7. The monoisotopic (exact) mass is 357 g/mol. The fourth-order valence-electron chi connectivity index (χ4n) is 2.30. The summed E-state index contributed by atoms with van der Waals surface area (Å²) in [5, 5.41) is 14.9. The van der Waals surface area contributed by atoms with Gasteiger partial charge in [-0.25, -0.2) is 9.18 Å². The molecule has 1 aromatic heterocycles. The SMILES string of the molecule is Cc1cccc(C(=O)OCc2nc(-c3ccc(F)cc3)no2)c1[N+](=O)[O-]. The number of hydrogen-bond acceptors (Lipinski definition) is 7. The van der Waals surface area contributed by atoms with Crippen LogP contribution in [-0.2, 0) is 11.3 Å². The van der Waals surface area contributed by atoms with Crippen molar-refractivity contribution in [3.63, 3.8) is 0 Å². The molecular weight excluding hydrogens is 345 g/mol. The van der Waals surface area contributed by atoms with Gasteiger partial charge in [0.05, 0.1) is 4.92 Å². The summed E-state index contributed by atoms with van der Waals surface area (Å²) in [5.74, 6) is -1.06. The van der Waals surface area contributed by atoms with Crippen LogP contribution in [0.15, 0.2) is 47.0 Å². The Hall–Kier alpha value is -3.62. The number of carbonyl (C=O) groups excluding carboxylic acids is 1. The van der Waals surface area contributed by atoms with Gasteiger partial charge in [0.1, 0.15) is 11.4 Å². The van der Waals surface area contributed by atoms with Gasteiger partial charge in [0.15, 0.2) is 6.61 Å². The van der Waals surface area contributed by atoms with E-state index in [9.17, 15) is 19.3 Å². The van der Waals surface area contributed by atoms with E-state index in [0.717, 1.165) is 0 Å². The third-order valence-corrected chi connectivity index (χ3v) is 3.54. The minimum absolute atomic E-state index is 0.00739. The van der Waals surface area contributed by atoms with Crippen LogP contribution in [0.3, 0.4) is 0 Å². The first-order valence-electron chi connectivity index (χ1n) is 7.45. The molecule has 0 unspecified atom stereocenters. The quantitative estimate of drug-likeness (QED) is 0.391. The second-order valence-electron chi connectivity index (χ2n) is 5.32. The summed E-state index contributed by atoms with van der Waals surface area (Å²) in [6, 6.07) is 9.83. The maximum atomic E-state index is 12.9. The van der Waals surface area contributed by atoms with Gasteiger partial charge in [-0.2, -0.15) is 4.98 Å². The molecule has 0 aliphatic carbocycles. The molecule has 132 valence electrons. The molecule has 0 fully saturated rings. The molecule has 0 saturated heterocycles. The van der Waals surface area contributed by atoms with Gasteiger partial charge in [0.25, 0.3) is 11.6 Å². The fraction of sp³-hybridized carbons (Fsp3) is 0.118. The number of halogens is 1. The van der Waals surface area contributed by atoms with E-state index < -0.39 is 16.7 Å². The third kappa shape index (κ3) is 3.56. The second-order valence-corrected chi connectivity index (χ2v) is 5.32. The number of hydrogen-bond donors (Lipinski definition) is 0. The van der Waals surface area contributed by atoms with Crippen LogP contribution in [-0.4, -0.2) is 21.0 Å². The van der Waals surface area contributed by atoms with Crippen LogP contribution < -0.4 is 0 Å². The first kappa shape index (κ1) is 17.2. The molecule has 3 aromatic rings. The molecule has 1 heterocycles. The molecule has 2 aromatic carbocycles. The summed E-state index contributed by atoms with van der Waals surface area (Å²) in [6.07, 6.45) is 0. The summed E-state index contributed by atoms with van der Waals surface area (Å²) >= 11 is 0. The van der Waals surface area contributed by atoms with Crippen LogP contribution in [0.5, 0.6) is 0 Å². The molecule has 0 atom stereocenters. The van der Waals surface area contributed by atoms with Crippen molar-refractivity contribution in [2.75, 3.05) is 0 Å². The molecular formula is C17H12FN3O5. The number of esters is 1. The van der Waals surface area contributed by atoms with E-state index >= 15 is 0 Å². The van der Waals surface area contributed by atoms with Crippen molar-refractivity contribution >= 4 is 11.7 Å². The molecule has 9 heteroatoms. The van der Waals surface area contributed by atoms with E-state index in [1.807, 2.05) is 0 Å². The molecule has 0 radical (unpaired) electrons. The van der Waals surface area contributed by atoms with E-state index in [1.54, 1.807) is 0 Å². The highest BCUT2D eigenvalue weighted by atomic mass is 19.1. The van der Waals surface area contributed by atoms with Crippen molar-refractivity contribution in [1.29, 1.82) is 0 Å². The minimum Gasteiger partial charge on any atom is -0.452 e. The van der Waals surface area contributed by atoms with Crippen molar-refractivity contribution < 1.29 is 23.4 Å². The average Bonchev–Trinajstić information content (AvgIpc) is 3.08. The zero-order valence-corrected chi connectivity index (χ0v) is 13.5. The lowest BCUT2D eigenvalue weighted by atomic mass is 10.1. The van der Waals surface area contributed by atoms with Crippen LogP contribution in [0.4, 0.5) is 10.1 Å². The van der Waals surface area contributed by atoms with Crippen LogP contribution in [0.25, 0.3) is 11.4 Å². The Morgan fingerprint density at radius 2 is 2.00 bits per heavy atom. The van der Waals surface area contributed by atoms with Crippen LogP contribution in [0.1, 0.15) is 21.8 Å². The van der Waals surface area contributed by atoms with Gasteiger partial charge in [-0.3, -0.25) is 10.1 Å². The molecule has 26 heavy (non-hydrogen) atoms. The summed E-state index contributed by atoms with van der Waals surface area (Å²) in [7, 11) is 0. The number of aryl methyl sites for hydroxylation is 1. The molecule has 8 nitrogen and oxygen atoms in total. The number of nitro benzene ring substituents is 1. The van der Waals surface area contributed by atoms with Crippen molar-refractivity contribution in [2.45, 2.75) is 13.5 Å². The highest BCUT2D eigenvalue weighted by Gasteiger charge is 2.24. The van der Waals surface area contributed by atoms with Crippen LogP contribution in [0.2, 0.25) is 0 Å². The normalized spacial score (nSPS) is 10.5. The number of nitro groups is 1. The molecule has 0 spiro atoms. The van der Waals surface area contributed by atoms with Gasteiger partial charge in [-0.05, 0) is 37.3 Å². The van der Waals surface area contributed by atoms with Gasteiger partial charge >= 0.3 is 5.97 Å². The Bertz CT molecular complexity index is 969. The molecule has 0 aliphatic heterocycles. The smallest absolute Gasteiger partial charge is 0.345 e. The number of rotatable bonds is 5. The average molecular weight is 357 g/mol. The van der Waals surface area contributed by atoms with Gasteiger partial charge in [-0.15, -0.1) is 0 Å². The van der Waals surface area contributed by atoms with Gasteiger partial charge < -0.3 is 9.26 Å². The van der Waals surface area contributed by atoms with Crippen LogP contribution in [0, 0.1) is 22.9 Å². The molecule has 0 amide bonds. The van der Waals surface area contributed by atoms with E-state index in [1.165, 1.54) is 49.4 Å². The molecule has 0 saturated carbocycles. The lowest BCUT2D eigenvalue weighted by molar-refractivity contribution is -0.385. The van der Waals surface area contributed by atoms with Crippen LogP contribution >= 0.6 is 0 Å². The van der Waals surface area contributed by atoms with E-state index in [-0.39, 0.29) is 29.6 Å². The zero-order valence-electron chi connectivity index (χ0n) is 13.5. The Morgan fingerprint density at radius 1 is 1.27 bits per heavy atom. The Morgan fingerprint density at radius 3 is 2.69 bits per heavy atom. The summed E-state index contributed by atoms with van der Waals surface area (Å²) in [4.78, 5) is 26.7. The number of benzene rings is 2. The Kier molecular flexibility index (Phi) is 4.70. The standard InChI is InChI=1S/C17H12FN3O5/c1-10-3-2-4-13(15(10)21(23)24)17(22)25-9-14-19-16(20-26-14)11-5-7-12(18)8-6-11/h2-8H,9H2,1H3. The Labute approximate surface area is 146 Å². The van der Waals surface area contributed by atoms with Crippen molar-refractivity contribution in [3.05, 3.63) is 75.4 Å². The maximum Gasteiger partial charge on any atom is 0.345 e. The number of carbonyl (C=O) groups is 1. The van der Waals surface area contributed by atoms with Gasteiger partial charge in [0.2, 0.25) is 5.82 Å². The maximum absolute atomic E-state index is 12.9. The van der Waals surface area contributed by atoms with Crippen molar-refractivity contribution in [3.8, 4) is 11.4 Å². The van der Waals surface area contributed by atoms with Gasteiger partial charge in [0, 0.05) is 11.1 Å². The first-order chi connectivity index (χ1) is 12.5. The molecule has 0 N–H and O–H groups in total. The van der Waals surface area contributed by atoms with Crippen molar-refractivity contribution in [1.82, 2.24) is 10.1 Å². The van der Waals surface area contributed by atoms with Gasteiger partial charge in [-0.1, -0.05) is 17.3 Å². The number of para-hydroxylation sites is 1. The largest absolute Gasteiger partial charge is 0.452 e. The van der Waals surface area contributed by atoms with E-state index in [4.69, 9.17) is 9.26 Å². The van der Waals surface area contributed by atoms with E-state index in [0.29, 0.717) is 11.1 Å². The third-order valence-electron chi connectivity index (χ3n) is 3.54. The molecule has 3 rings (SSSR count). The van der Waals surface area contributed by atoms with Crippen molar-refractivity contribution in [2.24, 2.45) is 0 Å². The summed E-state index contributed by atoms with van der Waals surface area (Å²) in [5.41, 5.74) is 0.409. The topological polar surface area (TPSA) is 108 Å². The number of aromatic nitrogens is 2. The predicted molar refractivity (Wildman–Crippen MR) is 86.6 cm³/mol. The summed E-state index contributed by atoms with van der Waals surface area (Å²) in [6.45, 7) is 1.18. The fourth-order valence-corrected chi connectivity index (χ4v) is 2.30. The minimum atomic E-state index is -0.873. The first-order valence-corrected chi connectivity index (χ1v) is 7.45. The lowest BCUT2D eigenvalue weighted by Crippen LogP contribution is -2.09. The lowest BCUT2D eigenvalue weighted by Gasteiger charge is -2.04. The highest BCUT2D eigenvalue weighted by Crippen LogP contribution is 2.24.